The molecule has 0 amide bonds. The summed E-state index contributed by atoms with van der Waals surface area (Å²) in [6.07, 6.45) is 3.18. The lowest BCUT2D eigenvalue weighted by Crippen LogP contribution is -2.02. The number of nitrogens with zero attached hydrogens (tertiary/aromatic N) is 2. The van der Waals surface area contributed by atoms with Crippen LogP contribution in [-0.2, 0) is 0 Å². The van der Waals surface area contributed by atoms with Crippen molar-refractivity contribution < 1.29 is 9.53 Å². The Balaban J connectivity index is 1.84. The highest BCUT2D eigenvalue weighted by Gasteiger charge is 2.10. The van der Waals surface area contributed by atoms with Crippen molar-refractivity contribution in [2.24, 2.45) is 0 Å². The Hall–Kier alpha value is -2.97. The van der Waals surface area contributed by atoms with Crippen LogP contribution in [-0.4, -0.2) is 22.9 Å². The molecule has 0 spiro atoms. The van der Waals surface area contributed by atoms with Gasteiger partial charge in [-0.15, -0.1) is 11.3 Å². The smallest absolute Gasteiger partial charge is 0.194 e. The van der Waals surface area contributed by atoms with E-state index in [-0.39, 0.29) is 5.78 Å². The van der Waals surface area contributed by atoms with E-state index in [2.05, 4.69) is 21.8 Å². The van der Waals surface area contributed by atoms with E-state index in [4.69, 9.17) is 4.74 Å². The van der Waals surface area contributed by atoms with E-state index in [1.807, 2.05) is 12.3 Å². The van der Waals surface area contributed by atoms with E-state index in [1.165, 1.54) is 0 Å². The highest BCUT2D eigenvalue weighted by Crippen LogP contribution is 2.15. The van der Waals surface area contributed by atoms with E-state index in [0.717, 1.165) is 10.7 Å². The number of hydrogen-bond acceptors (Lipinski definition) is 5. The number of pyridine rings is 1. The molecular weight excluding hydrogens is 320 g/mol. The first-order valence-corrected chi connectivity index (χ1v) is 8.11. The summed E-state index contributed by atoms with van der Waals surface area (Å²) in [5.41, 5.74) is 2.49. The third kappa shape index (κ3) is 3.67. The molecule has 4 nitrogen and oxygen atoms in total. The number of methoxy groups -OCH3 is 1. The highest BCUT2D eigenvalue weighted by molar-refractivity contribution is 7.09. The second-order valence-electron chi connectivity index (χ2n) is 5.02. The summed E-state index contributed by atoms with van der Waals surface area (Å²) in [5.74, 6) is 6.60. The second kappa shape index (κ2) is 7.07. The Morgan fingerprint density at radius 2 is 1.92 bits per heavy atom. The van der Waals surface area contributed by atoms with Gasteiger partial charge in [-0.2, -0.15) is 0 Å². The number of ether oxygens (including phenoxy) is 1. The zero-order valence-corrected chi connectivity index (χ0v) is 14.1. The van der Waals surface area contributed by atoms with Gasteiger partial charge in [0.2, 0.25) is 0 Å². The number of carbonyl (C=O) groups is 1. The van der Waals surface area contributed by atoms with Gasteiger partial charge in [-0.3, -0.25) is 9.78 Å². The van der Waals surface area contributed by atoms with Gasteiger partial charge in [0.15, 0.2) is 5.78 Å². The first-order chi connectivity index (χ1) is 11.7. The van der Waals surface area contributed by atoms with Crippen molar-refractivity contribution in [3.63, 3.8) is 0 Å². The van der Waals surface area contributed by atoms with E-state index < -0.39 is 0 Å². The van der Waals surface area contributed by atoms with Crippen LogP contribution in [0.5, 0.6) is 5.75 Å². The van der Waals surface area contributed by atoms with Crippen LogP contribution in [0, 0.1) is 18.8 Å². The molecule has 0 saturated heterocycles. The molecule has 24 heavy (non-hydrogen) atoms. The van der Waals surface area contributed by atoms with Crippen LogP contribution in [0.25, 0.3) is 0 Å². The number of rotatable bonds is 3. The van der Waals surface area contributed by atoms with E-state index in [1.54, 1.807) is 61.2 Å². The number of aromatic nitrogens is 2. The average molecular weight is 334 g/mol. The lowest BCUT2D eigenvalue weighted by Gasteiger charge is -2.03. The second-order valence-corrected chi connectivity index (χ2v) is 6.08. The molecular formula is C19H14N2O2S. The quantitative estimate of drug-likeness (QED) is 0.543. The molecule has 0 atom stereocenters. The summed E-state index contributed by atoms with van der Waals surface area (Å²) in [6, 6.07) is 8.73. The number of aryl methyl sites for hydroxylation is 1. The maximum absolute atomic E-state index is 12.5. The first-order valence-electron chi connectivity index (χ1n) is 7.23. The van der Waals surface area contributed by atoms with E-state index in [0.29, 0.717) is 22.4 Å². The van der Waals surface area contributed by atoms with Gasteiger partial charge in [0.25, 0.3) is 0 Å². The standard InChI is InChI=1S/C19H14N2O2S/c1-13-21-17(12-24-13)6-3-14-9-16(11-20-10-14)19(22)15-4-7-18(23-2)8-5-15/h4-5,7-12H,1-2H3. The van der Waals surface area contributed by atoms with Gasteiger partial charge in [0.05, 0.1) is 12.1 Å². The van der Waals surface area contributed by atoms with Crippen LogP contribution < -0.4 is 4.74 Å². The van der Waals surface area contributed by atoms with Crippen molar-refractivity contribution in [2.75, 3.05) is 7.11 Å². The highest BCUT2D eigenvalue weighted by atomic mass is 32.1. The molecule has 0 bridgehead atoms. The molecule has 0 saturated carbocycles. The van der Waals surface area contributed by atoms with Gasteiger partial charge >= 0.3 is 0 Å². The van der Waals surface area contributed by atoms with Gasteiger partial charge in [0.1, 0.15) is 11.4 Å². The van der Waals surface area contributed by atoms with Crippen LogP contribution in [0.4, 0.5) is 0 Å². The fraction of sp³-hybridized carbons (Fsp3) is 0.105. The largest absolute Gasteiger partial charge is 0.497 e. The molecule has 3 aromatic rings. The van der Waals surface area contributed by atoms with Gasteiger partial charge < -0.3 is 4.74 Å². The monoisotopic (exact) mass is 334 g/mol. The molecule has 118 valence electrons. The number of ketones is 1. The van der Waals surface area contributed by atoms with Crippen LogP contribution >= 0.6 is 11.3 Å². The lowest BCUT2D eigenvalue weighted by atomic mass is 10.0. The predicted octanol–water partition coefficient (Wildman–Crippen LogP) is 3.49. The molecule has 1 aromatic carbocycles. The fourth-order valence-corrected chi connectivity index (χ4v) is 2.64. The first kappa shape index (κ1) is 15.9. The maximum Gasteiger partial charge on any atom is 0.194 e. The zero-order chi connectivity index (χ0) is 16.9. The molecule has 5 heteroatoms. The van der Waals surface area contributed by atoms with Crippen LogP contribution in [0.1, 0.15) is 32.2 Å². The molecule has 2 heterocycles. The maximum atomic E-state index is 12.5. The average Bonchev–Trinajstić information content (AvgIpc) is 3.05. The molecule has 0 aliphatic carbocycles. The summed E-state index contributed by atoms with van der Waals surface area (Å²) < 4.78 is 5.10. The number of carbonyl (C=O) groups excluding carboxylic acids is 1. The Bertz CT molecular complexity index is 934. The molecule has 0 unspecified atom stereocenters. The van der Waals surface area contributed by atoms with Crippen molar-refractivity contribution in [1.82, 2.24) is 9.97 Å². The minimum absolute atomic E-state index is 0.0988. The third-order valence-corrected chi connectivity index (χ3v) is 4.08. The third-order valence-electron chi connectivity index (χ3n) is 3.31. The minimum atomic E-state index is -0.0988. The summed E-state index contributed by atoms with van der Waals surface area (Å²) in [5, 5.41) is 2.88. The summed E-state index contributed by atoms with van der Waals surface area (Å²) in [6.45, 7) is 1.94. The van der Waals surface area contributed by atoms with Crippen molar-refractivity contribution in [2.45, 2.75) is 6.92 Å². The summed E-state index contributed by atoms with van der Waals surface area (Å²) in [4.78, 5) is 20.9. The number of thiazole rings is 1. The Morgan fingerprint density at radius 1 is 1.12 bits per heavy atom. The van der Waals surface area contributed by atoms with Gasteiger partial charge in [-0.25, -0.2) is 4.98 Å². The number of hydrogen-bond donors (Lipinski definition) is 0. The van der Waals surface area contributed by atoms with Crippen molar-refractivity contribution in [3.8, 4) is 17.6 Å². The Kier molecular flexibility index (Phi) is 4.69. The normalized spacial score (nSPS) is 9.92. The Labute approximate surface area is 144 Å². The zero-order valence-electron chi connectivity index (χ0n) is 13.2. The molecule has 0 N–H and O–H groups in total. The molecule has 3 rings (SSSR count). The summed E-state index contributed by atoms with van der Waals surface area (Å²) >= 11 is 1.55. The van der Waals surface area contributed by atoms with Crippen molar-refractivity contribution >= 4 is 17.1 Å². The predicted molar refractivity (Wildman–Crippen MR) is 93.5 cm³/mol. The molecule has 0 fully saturated rings. The Morgan fingerprint density at radius 3 is 2.58 bits per heavy atom. The fourth-order valence-electron chi connectivity index (χ4n) is 2.10. The van der Waals surface area contributed by atoms with Crippen LogP contribution in [0.3, 0.4) is 0 Å². The van der Waals surface area contributed by atoms with E-state index >= 15 is 0 Å². The molecule has 0 aliphatic heterocycles. The van der Waals surface area contributed by atoms with Crippen molar-refractivity contribution in [3.05, 3.63) is 75.5 Å². The lowest BCUT2D eigenvalue weighted by molar-refractivity contribution is 0.103. The van der Waals surface area contributed by atoms with Gasteiger partial charge in [0, 0.05) is 34.5 Å². The topological polar surface area (TPSA) is 52.1 Å². The SMILES string of the molecule is COc1ccc(C(=O)c2cncc(C#Cc3csc(C)n3)c2)cc1. The molecule has 2 aromatic heterocycles. The van der Waals surface area contributed by atoms with Gasteiger partial charge in [-0.1, -0.05) is 5.92 Å². The van der Waals surface area contributed by atoms with E-state index in [9.17, 15) is 4.79 Å². The van der Waals surface area contributed by atoms with Crippen LogP contribution in [0.15, 0.2) is 48.1 Å². The minimum Gasteiger partial charge on any atom is -0.497 e. The molecule has 0 aliphatic rings. The number of benzene rings is 1. The van der Waals surface area contributed by atoms with Gasteiger partial charge in [-0.05, 0) is 43.2 Å². The van der Waals surface area contributed by atoms with Crippen molar-refractivity contribution in [1.29, 1.82) is 0 Å². The van der Waals surface area contributed by atoms with Crippen LogP contribution in [0.2, 0.25) is 0 Å². The summed E-state index contributed by atoms with van der Waals surface area (Å²) in [7, 11) is 1.59. The molecule has 0 radical (unpaired) electrons.